The highest BCUT2D eigenvalue weighted by atomic mass is 32.1. The maximum atomic E-state index is 13.3. The molecule has 0 saturated heterocycles. The summed E-state index contributed by atoms with van der Waals surface area (Å²) in [6.07, 6.45) is 5.47. The van der Waals surface area contributed by atoms with Crippen molar-refractivity contribution in [1.29, 1.82) is 0 Å². The molecule has 0 aliphatic rings. The van der Waals surface area contributed by atoms with Gasteiger partial charge < -0.3 is 0 Å². The molecule has 0 unspecified atom stereocenters. The molecule has 4 rings (SSSR count). The van der Waals surface area contributed by atoms with E-state index in [1.807, 2.05) is 47.2 Å². The Labute approximate surface area is 156 Å². The fourth-order valence-corrected chi connectivity index (χ4v) is 3.02. The third-order valence-electron chi connectivity index (χ3n) is 4.18. The van der Waals surface area contributed by atoms with Crippen molar-refractivity contribution in [3.05, 3.63) is 90.6 Å². The second-order valence-electron chi connectivity index (χ2n) is 5.89. The Kier molecular flexibility index (Phi) is 4.54. The second-order valence-corrected chi connectivity index (χ2v) is 6.20. The number of thiol groups is 1. The number of aromatic nitrogens is 3. The Morgan fingerprint density at radius 2 is 1.50 bits per heavy atom. The van der Waals surface area contributed by atoms with Crippen LogP contribution in [0.4, 0.5) is 4.39 Å². The Morgan fingerprint density at radius 3 is 2.15 bits per heavy atom. The number of halogens is 1. The molecule has 0 atom stereocenters. The number of rotatable bonds is 4. The maximum Gasteiger partial charge on any atom is 0.145 e. The highest BCUT2D eigenvalue weighted by Crippen LogP contribution is 2.28. The molecule has 0 amide bonds. The quantitative estimate of drug-likeness (QED) is 0.508. The molecule has 0 radical (unpaired) electrons. The summed E-state index contributed by atoms with van der Waals surface area (Å²) in [4.78, 5) is 8.89. The number of pyridine rings is 1. The van der Waals surface area contributed by atoms with Crippen molar-refractivity contribution < 1.29 is 4.39 Å². The molecule has 0 aliphatic carbocycles. The normalized spacial score (nSPS) is 10.8. The summed E-state index contributed by atoms with van der Waals surface area (Å²) in [6, 6.07) is 18.4. The summed E-state index contributed by atoms with van der Waals surface area (Å²) in [7, 11) is 0. The first-order chi connectivity index (χ1) is 12.7. The van der Waals surface area contributed by atoms with Crippen LogP contribution in [-0.2, 0) is 5.75 Å². The Morgan fingerprint density at radius 1 is 0.846 bits per heavy atom. The molecule has 26 heavy (non-hydrogen) atoms. The molecule has 0 N–H and O–H groups in total. The Balaban J connectivity index is 1.85. The predicted octanol–water partition coefficient (Wildman–Crippen LogP) is 5.17. The molecule has 2 aromatic heterocycles. The van der Waals surface area contributed by atoms with Gasteiger partial charge >= 0.3 is 0 Å². The molecule has 0 bridgehead atoms. The van der Waals surface area contributed by atoms with Crippen molar-refractivity contribution in [2.75, 3.05) is 0 Å². The van der Waals surface area contributed by atoms with Gasteiger partial charge in [0.2, 0.25) is 0 Å². The van der Waals surface area contributed by atoms with E-state index in [9.17, 15) is 4.39 Å². The SMILES string of the molecule is Fc1ccc(-c2nc(-c3ccc(CS)cc3)cn2-c2ccncc2)cc1. The standard InChI is InChI=1S/C21H16FN3S/c22-18-7-5-17(6-8-18)21-24-20(16-3-1-15(14-26)2-4-16)13-25(21)19-9-11-23-12-10-19/h1-13,26H,14H2. The number of benzene rings is 2. The van der Waals surface area contributed by atoms with E-state index in [0.29, 0.717) is 5.75 Å². The van der Waals surface area contributed by atoms with Crippen LogP contribution in [0.25, 0.3) is 28.3 Å². The van der Waals surface area contributed by atoms with E-state index >= 15 is 0 Å². The maximum absolute atomic E-state index is 13.3. The zero-order valence-corrected chi connectivity index (χ0v) is 14.8. The van der Waals surface area contributed by atoms with Gasteiger partial charge in [-0.25, -0.2) is 9.37 Å². The van der Waals surface area contributed by atoms with E-state index in [1.165, 1.54) is 12.1 Å². The van der Waals surface area contributed by atoms with E-state index in [-0.39, 0.29) is 5.82 Å². The van der Waals surface area contributed by atoms with Crippen molar-refractivity contribution in [3.8, 4) is 28.3 Å². The van der Waals surface area contributed by atoms with E-state index in [1.54, 1.807) is 24.5 Å². The summed E-state index contributed by atoms with van der Waals surface area (Å²) >= 11 is 4.30. The molecule has 3 nitrogen and oxygen atoms in total. The van der Waals surface area contributed by atoms with Gasteiger partial charge in [0, 0.05) is 35.5 Å². The summed E-state index contributed by atoms with van der Waals surface area (Å²) in [5.41, 5.74) is 4.83. The number of hydrogen-bond donors (Lipinski definition) is 1. The average Bonchev–Trinajstić information content (AvgIpc) is 3.15. The monoisotopic (exact) mass is 361 g/mol. The first kappa shape index (κ1) is 16.5. The Bertz CT molecular complexity index is 1010. The van der Waals surface area contributed by atoms with E-state index in [0.717, 1.165) is 33.9 Å². The lowest BCUT2D eigenvalue weighted by atomic mass is 10.1. The van der Waals surface area contributed by atoms with Crippen molar-refractivity contribution in [2.45, 2.75) is 5.75 Å². The van der Waals surface area contributed by atoms with Crippen LogP contribution >= 0.6 is 12.6 Å². The molecule has 0 spiro atoms. The predicted molar refractivity (Wildman–Crippen MR) is 105 cm³/mol. The van der Waals surface area contributed by atoms with Crippen molar-refractivity contribution in [3.63, 3.8) is 0 Å². The second kappa shape index (κ2) is 7.14. The lowest BCUT2D eigenvalue weighted by Crippen LogP contribution is -1.96. The van der Waals surface area contributed by atoms with Gasteiger partial charge in [0.15, 0.2) is 0 Å². The summed E-state index contributed by atoms with van der Waals surface area (Å²) < 4.78 is 15.3. The molecule has 0 saturated carbocycles. The fourth-order valence-electron chi connectivity index (χ4n) is 2.80. The van der Waals surface area contributed by atoms with Crippen LogP contribution in [0.1, 0.15) is 5.56 Å². The van der Waals surface area contributed by atoms with Crippen LogP contribution in [0.5, 0.6) is 0 Å². The summed E-state index contributed by atoms with van der Waals surface area (Å²) in [5.74, 6) is 1.19. The molecule has 128 valence electrons. The number of nitrogens with zero attached hydrogens (tertiary/aromatic N) is 3. The lowest BCUT2D eigenvalue weighted by Gasteiger charge is -2.07. The smallest absolute Gasteiger partial charge is 0.145 e. The topological polar surface area (TPSA) is 30.7 Å². The van der Waals surface area contributed by atoms with Crippen LogP contribution in [0.15, 0.2) is 79.3 Å². The van der Waals surface area contributed by atoms with Crippen LogP contribution in [0.2, 0.25) is 0 Å². The molecule has 2 aromatic carbocycles. The molecule has 2 heterocycles. The summed E-state index contributed by atoms with van der Waals surface area (Å²) in [5, 5.41) is 0. The highest BCUT2D eigenvalue weighted by Gasteiger charge is 2.13. The van der Waals surface area contributed by atoms with Gasteiger partial charge in [0.05, 0.1) is 11.4 Å². The third kappa shape index (κ3) is 3.26. The molecular formula is C21H16FN3S. The Hall–Kier alpha value is -2.92. The zero-order valence-electron chi connectivity index (χ0n) is 13.9. The van der Waals surface area contributed by atoms with Gasteiger partial charge in [-0.2, -0.15) is 12.6 Å². The first-order valence-corrected chi connectivity index (χ1v) is 8.84. The van der Waals surface area contributed by atoms with Gasteiger partial charge in [-0.05, 0) is 42.0 Å². The summed E-state index contributed by atoms with van der Waals surface area (Å²) in [6.45, 7) is 0. The van der Waals surface area contributed by atoms with Crippen LogP contribution in [-0.4, -0.2) is 14.5 Å². The van der Waals surface area contributed by atoms with Gasteiger partial charge in [-0.15, -0.1) is 0 Å². The van der Waals surface area contributed by atoms with Gasteiger partial charge in [0.25, 0.3) is 0 Å². The van der Waals surface area contributed by atoms with Gasteiger partial charge in [-0.1, -0.05) is 24.3 Å². The molecular weight excluding hydrogens is 345 g/mol. The molecule has 4 aromatic rings. The van der Waals surface area contributed by atoms with Crippen LogP contribution in [0.3, 0.4) is 0 Å². The zero-order chi connectivity index (χ0) is 17.9. The minimum absolute atomic E-state index is 0.265. The van der Waals surface area contributed by atoms with Crippen molar-refractivity contribution in [2.24, 2.45) is 0 Å². The number of imidazole rings is 1. The first-order valence-electron chi connectivity index (χ1n) is 8.20. The minimum Gasteiger partial charge on any atom is -0.299 e. The third-order valence-corrected chi connectivity index (χ3v) is 4.55. The van der Waals surface area contributed by atoms with E-state index < -0.39 is 0 Å². The van der Waals surface area contributed by atoms with Gasteiger partial charge in [0.1, 0.15) is 11.6 Å². The fraction of sp³-hybridized carbons (Fsp3) is 0.0476. The van der Waals surface area contributed by atoms with Gasteiger partial charge in [-0.3, -0.25) is 9.55 Å². The van der Waals surface area contributed by atoms with Crippen LogP contribution < -0.4 is 0 Å². The largest absolute Gasteiger partial charge is 0.299 e. The van der Waals surface area contributed by atoms with Crippen molar-refractivity contribution >= 4 is 12.6 Å². The molecule has 5 heteroatoms. The van der Waals surface area contributed by atoms with Crippen LogP contribution in [0, 0.1) is 5.82 Å². The van der Waals surface area contributed by atoms with E-state index in [4.69, 9.17) is 4.98 Å². The van der Waals surface area contributed by atoms with Crippen molar-refractivity contribution in [1.82, 2.24) is 14.5 Å². The molecule has 0 aliphatic heterocycles. The highest BCUT2D eigenvalue weighted by molar-refractivity contribution is 7.79. The average molecular weight is 361 g/mol. The van der Waals surface area contributed by atoms with E-state index in [2.05, 4.69) is 17.6 Å². The molecule has 0 fully saturated rings. The number of hydrogen-bond acceptors (Lipinski definition) is 3. The minimum atomic E-state index is -0.265. The lowest BCUT2D eigenvalue weighted by molar-refractivity contribution is 0.628.